The van der Waals surface area contributed by atoms with Crippen LogP contribution in [0.3, 0.4) is 0 Å². The molecule has 0 spiro atoms. The minimum Gasteiger partial charge on any atom is -0.340 e. The van der Waals surface area contributed by atoms with Crippen LogP contribution in [0.5, 0.6) is 0 Å². The molecule has 0 aliphatic carbocycles. The van der Waals surface area contributed by atoms with Crippen molar-refractivity contribution in [3.05, 3.63) is 118 Å². The number of hydrogen-bond acceptors (Lipinski definition) is 2. The lowest BCUT2D eigenvalue weighted by atomic mass is 10.1. The standard InChI is InChI=1S/C28H25ClN4O/c1-19-20(2)33(17-21-8-4-3-5-9-21)26-13-12-22(16-24(19)26)28(34)30-27-14-15-32(31-27)18-23-10-6-7-11-25(23)29/h3-16H,17-18H2,1-2H3,(H,30,31,34). The van der Waals surface area contributed by atoms with Crippen molar-refractivity contribution >= 4 is 34.2 Å². The summed E-state index contributed by atoms with van der Waals surface area (Å²) < 4.78 is 4.06. The van der Waals surface area contributed by atoms with Gasteiger partial charge in [0.1, 0.15) is 0 Å². The number of hydrogen-bond donors (Lipinski definition) is 1. The molecular weight excluding hydrogens is 444 g/mol. The maximum absolute atomic E-state index is 13.0. The number of anilines is 1. The van der Waals surface area contributed by atoms with Gasteiger partial charge in [-0.1, -0.05) is 60.1 Å². The molecule has 0 bridgehead atoms. The highest BCUT2D eigenvalue weighted by atomic mass is 35.5. The number of fused-ring (bicyclic) bond motifs is 1. The molecule has 0 saturated heterocycles. The molecule has 0 aliphatic rings. The van der Waals surface area contributed by atoms with E-state index in [4.69, 9.17) is 11.6 Å². The van der Waals surface area contributed by atoms with Gasteiger partial charge in [-0.25, -0.2) is 0 Å². The number of carbonyl (C=O) groups excluding carboxylic acids is 1. The lowest BCUT2D eigenvalue weighted by Gasteiger charge is -2.09. The van der Waals surface area contributed by atoms with Gasteiger partial charge >= 0.3 is 0 Å². The fourth-order valence-corrected chi connectivity index (χ4v) is 4.46. The van der Waals surface area contributed by atoms with E-state index in [9.17, 15) is 4.79 Å². The fourth-order valence-electron chi connectivity index (χ4n) is 4.27. The highest BCUT2D eigenvalue weighted by Gasteiger charge is 2.15. The molecule has 2 aromatic heterocycles. The summed E-state index contributed by atoms with van der Waals surface area (Å²) in [6.07, 6.45) is 1.83. The second-order valence-corrected chi connectivity index (χ2v) is 8.87. The summed E-state index contributed by atoms with van der Waals surface area (Å²) in [7, 11) is 0. The van der Waals surface area contributed by atoms with Crippen molar-refractivity contribution < 1.29 is 4.79 Å². The first-order valence-corrected chi connectivity index (χ1v) is 11.6. The topological polar surface area (TPSA) is 51.9 Å². The zero-order chi connectivity index (χ0) is 23.7. The van der Waals surface area contributed by atoms with Crippen molar-refractivity contribution in [1.29, 1.82) is 0 Å². The van der Waals surface area contributed by atoms with E-state index in [2.05, 4.69) is 53.1 Å². The van der Waals surface area contributed by atoms with Gasteiger partial charge in [0.2, 0.25) is 0 Å². The van der Waals surface area contributed by atoms with E-state index in [0.29, 0.717) is 22.9 Å². The number of amides is 1. The number of aryl methyl sites for hydroxylation is 1. The molecule has 5 rings (SSSR count). The summed E-state index contributed by atoms with van der Waals surface area (Å²) >= 11 is 6.25. The summed E-state index contributed by atoms with van der Waals surface area (Å²) in [4.78, 5) is 13.0. The Bertz CT molecular complexity index is 1480. The number of rotatable bonds is 6. The predicted molar refractivity (Wildman–Crippen MR) is 138 cm³/mol. The van der Waals surface area contributed by atoms with Gasteiger partial charge in [0.25, 0.3) is 5.91 Å². The third kappa shape index (κ3) is 4.35. The molecule has 6 heteroatoms. The lowest BCUT2D eigenvalue weighted by Crippen LogP contribution is -2.13. The van der Waals surface area contributed by atoms with E-state index in [-0.39, 0.29) is 5.91 Å². The molecule has 3 aromatic carbocycles. The maximum atomic E-state index is 13.0. The Morgan fingerprint density at radius 1 is 0.941 bits per heavy atom. The Morgan fingerprint density at radius 2 is 1.71 bits per heavy atom. The third-order valence-corrected chi connectivity index (χ3v) is 6.63. The highest BCUT2D eigenvalue weighted by Crippen LogP contribution is 2.27. The molecule has 0 unspecified atom stereocenters. The van der Waals surface area contributed by atoms with Crippen molar-refractivity contribution in [2.24, 2.45) is 0 Å². The molecular formula is C28H25ClN4O. The van der Waals surface area contributed by atoms with E-state index in [1.807, 2.05) is 54.7 Å². The highest BCUT2D eigenvalue weighted by molar-refractivity contribution is 6.31. The first-order chi connectivity index (χ1) is 16.5. The fraction of sp³-hybridized carbons (Fsp3) is 0.143. The average molecular weight is 469 g/mol. The number of halogens is 1. The van der Waals surface area contributed by atoms with E-state index in [0.717, 1.165) is 23.0 Å². The monoisotopic (exact) mass is 468 g/mol. The van der Waals surface area contributed by atoms with E-state index in [1.54, 1.807) is 10.7 Å². The second kappa shape index (κ2) is 9.20. The molecule has 0 aliphatic heterocycles. The summed E-state index contributed by atoms with van der Waals surface area (Å²) in [6.45, 7) is 5.57. The number of carbonyl (C=O) groups is 1. The smallest absolute Gasteiger partial charge is 0.256 e. The largest absolute Gasteiger partial charge is 0.340 e. The Kier molecular flexibility index (Phi) is 5.95. The van der Waals surface area contributed by atoms with Crippen LogP contribution in [0.15, 0.2) is 85.1 Å². The molecule has 5 aromatic rings. The average Bonchev–Trinajstić information content (AvgIpc) is 3.38. The van der Waals surface area contributed by atoms with Gasteiger partial charge in [-0.2, -0.15) is 5.10 Å². The molecule has 0 atom stereocenters. The molecule has 34 heavy (non-hydrogen) atoms. The zero-order valence-electron chi connectivity index (χ0n) is 19.1. The van der Waals surface area contributed by atoms with Gasteiger partial charge in [-0.05, 0) is 54.8 Å². The van der Waals surface area contributed by atoms with E-state index in [1.165, 1.54) is 16.8 Å². The van der Waals surface area contributed by atoms with Crippen molar-refractivity contribution in [1.82, 2.24) is 14.3 Å². The minimum absolute atomic E-state index is 0.183. The Hall–Kier alpha value is -3.83. The third-order valence-electron chi connectivity index (χ3n) is 6.26. The minimum atomic E-state index is -0.183. The van der Waals surface area contributed by atoms with Crippen LogP contribution in [-0.2, 0) is 13.1 Å². The zero-order valence-corrected chi connectivity index (χ0v) is 19.9. The summed E-state index contributed by atoms with van der Waals surface area (Å²) in [5.41, 5.74) is 6.34. The van der Waals surface area contributed by atoms with Gasteiger partial charge in [0, 0.05) is 46.0 Å². The van der Waals surface area contributed by atoms with Crippen molar-refractivity contribution in [3.8, 4) is 0 Å². The number of nitrogens with zero attached hydrogens (tertiary/aromatic N) is 3. The Labute approximate surface area is 203 Å². The molecule has 5 nitrogen and oxygen atoms in total. The van der Waals surface area contributed by atoms with Crippen LogP contribution >= 0.6 is 11.6 Å². The number of benzene rings is 3. The maximum Gasteiger partial charge on any atom is 0.256 e. The summed E-state index contributed by atoms with van der Waals surface area (Å²) in [5, 5.41) is 9.18. The van der Waals surface area contributed by atoms with Crippen LogP contribution in [-0.4, -0.2) is 20.3 Å². The SMILES string of the molecule is Cc1c(C)n(Cc2ccccc2)c2ccc(C(=O)Nc3ccn(Cc4ccccc4Cl)n3)cc12. The van der Waals surface area contributed by atoms with Crippen LogP contribution < -0.4 is 5.32 Å². The molecule has 1 amide bonds. The van der Waals surface area contributed by atoms with E-state index >= 15 is 0 Å². The quantitative estimate of drug-likeness (QED) is 0.311. The van der Waals surface area contributed by atoms with Gasteiger partial charge in [-0.3, -0.25) is 9.48 Å². The van der Waals surface area contributed by atoms with Gasteiger partial charge < -0.3 is 9.88 Å². The number of aromatic nitrogens is 3. The van der Waals surface area contributed by atoms with Crippen molar-refractivity contribution in [3.63, 3.8) is 0 Å². The molecule has 0 fully saturated rings. The molecule has 0 saturated carbocycles. The van der Waals surface area contributed by atoms with Crippen LogP contribution in [0, 0.1) is 13.8 Å². The molecule has 2 heterocycles. The van der Waals surface area contributed by atoms with Gasteiger partial charge in [0.05, 0.1) is 6.54 Å². The van der Waals surface area contributed by atoms with Crippen LogP contribution in [0.25, 0.3) is 10.9 Å². The first kappa shape index (κ1) is 22.0. The van der Waals surface area contributed by atoms with Crippen molar-refractivity contribution in [2.75, 3.05) is 5.32 Å². The Balaban J connectivity index is 1.35. The van der Waals surface area contributed by atoms with E-state index < -0.39 is 0 Å². The van der Waals surface area contributed by atoms with Crippen LogP contribution in [0.4, 0.5) is 5.82 Å². The van der Waals surface area contributed by atoms with Crippen LogP contribution in [0.2, 0.25) is 5.02 Å². The lowest BCUT2D eigenvalue weighted by molar-refractivity contribution is 0.102. The molecule has 170 valence electrons. The second-order valence-electron chi connectivity index (χ2n) is 8.46. The van der Waals surface area contributed by atoms with Crippen molar-refractivity contribution in [2.45, 2.75) is 26.9 Å². The first-order valence-electron chi connectivity index (χ1n) is 11.2. The van der Waals surface area contributed by atoms with Crippen LogP contribution in [0.1, 0.15) is 32.7 Å². The number of nitrogens with one attached hydrogen (secondary N) is 1. The summed E-state index contributed by atoms with van der Waals surface area (Å²) in [6, 6.07) is 25.7. The normalized spacial score (nSPS) is 11.1. The Morgan fingerprint density at radius 3 is 2.50 bits per heavy atom. The van der Waals surface area contributed by atoms with Gasteiger partial charge in [0.15, 0.2) is 5.82 Å². The summed E-state index contributed by atoms with van der Waals surface area (Å²) in [5.74, 6) is 0.324. The molecule has 1 N–H and O–H groups in total. The van der Waals surface area contributed by atoms with Gasteiger partial charge in [-0.15, -0.1) is 0 Å². The molecule has 0 radical (unpaired) electrons. The predicted octanol–water partition coefficient (Wildman–Crippen LogP) is 6.46.